The second-order valence-electron chi connectivity index (χ2n) is 5.23. The van der Waals surface area contributed by atoms with Crippen LogP contribution in [-0.2, 0) is 20.4 Å². The molecule has 0 saturated carbocycles. The number of halogens is 3. The molecule has 1 N–H and O–H groups in total. The standard InChI is InChI=1S/C17H14F3NO3/c1-21-16-13(10-5-4-6-11(9-10)17(18,19)20)14(22)15(24-16)12-7-2-3-8-23-12/h3-9,15,21H,2H2,1H3. The molecule has 126 valence electrons. The highest BCUT2D eigenvalue weighted by atomic mass is 19.4. The van der Waals surface area contributed by atoms with Crippen LogP contribution >= 0.6 is 0 Å². The minimum absolute atomic E-state index is 0.0765. The predicted molar refractivity (Wildman–Crippen MR) is 80.2 cm³/mol. The highest BCUT2D eigenvalue weighted by Crippen LogP contribution is 2.36. The Kier molecular flexibility index (Phi) is 4.09. The van der Waals surface area contributed by atoms with E-state index in [0.717, 1.165) is 12.1 Å². The molecule has 0 aliphatic carbocycles. The first kappa shape index (κ1) is 16.2. The highest BCUT2D eigenvalue weighted by molar-refractivity contribution is 6.25. The first-order valence-electron chi connectivity index (χ1n) is 7.24. The molecule has 2 heterocycles. The molecule has 1 atom stereocenters. The highest BCUT2D eigenvalue weighted by Gasteiger charge is 2.40. The number of ketones is 1. The van der Waals surface area contributed by atoms with E-state index >= 15 is 0 Å². The van der Waals surface area contributed by atoms with E-state index in [4.69, 9.17) is 9.47 Å². The number of hydrogen-bond acceptors (Lipinski definition) is 4. The molecule has 0 bridgehead atoms. The molecule has 0 amide bonds. The molecule has 2 aliphatic rings. The summed E-state index contributed by atoms with van der Waals surface area (Å²) in [7, 11) is 1.54. The molecule has 0 radical (unpaired) electrons. The third kappa shape index (κ3) is 2.89. The summed E-state index contributed by atoms with van der Waals surface area (Å²) in [5, 5.41) is 2.72. The number of rotatable bonds is 3. The quantitative estimate of drug-likeness (QED) is 0.919. The van der Waals surface area contributed by atoms with Crippen molar-refractivity contribution in [2.45, 2.75) is 18.7 Å². The Labute approximate surface area is 136 Å². The van der Waals surface area contributed by atoms with Gasteiger partial charge in [-0.25, -0.2) is 0 Å². The molecule has 0 saturated heterocycles. The van der Waals surface area contributed by atoms with Crippen LogP contribution in [0.15, 0.2) is 54.3 Å². The minimum Gasteiger partial charge on any atom is -0.466 e. The summed E-state index contributed by atoms with van der Waals surface area (Å²) in [6, 6.07) is 4.60. The van der Waals surface area contributed by atoms with Crippen molar-refractivity contribution >= 4 is 11.4 Å². The molecule has 3 rings (SSSR count). The van der Waals surface area contributed by atoms with Crippen LogP contribution in [0.2, 0.25) is 0 Å². The van der Waals surface area contributed by atoms with E-state index in [1.165, 1.54) is 25.4 Å². The first-order valence-corrected chi connectivity index (χ1v) is 7.24. The van der Waals surface area contributed by atoms with E-state index in [0.29, 0.717) is 12.2 Å². The molecular formula is C17H14F3NO3. The molecule has 0 fully saturated rings. The molecule has 7 heteroatoms. The van der Waals surface area contributed by atoms with Gasteiger partial charge in [0.15, 0.2) is 5.88 Å². The number of allylic oxidation sites excluding steroid dienone is 2. The molecule has 0 spiro atoms. The van der Waals surface area contributed by atoms with Gasteiger partial charge in [-0.05, 0) is 36.3 Å². The topological polar surface area (TPSA) is 47.6 Å². The lowest BCUT2D eigenvalue weighted by Crippen LogP contribution is -2.23. The average molecular weight is 337 g/mol. The SMILES string of the molecule is CNC1=C(c2cccc(C(F)(F)F)c2)C(=O)C(C2=CCC=CO2)O1. The lowest BCUT2D eigenvalue weighted by molar-refractivity contribution is -0.137. The molecule has 24 heavy (non-hydrogen) atoms. The van der Waals surface area contributed by atoms with Gasteiger partial charge in [-0.2, -0.15) is 13.2 Å². The van der Waals surface area contributed by atoms with Crippen LogP contribution < -0.4 is 5.32 Å². The van der Waals surface area contributed by atoms with E-state index in [1.54, 1.807) is 12.2 Å². The molecule has 2 aliphatic heterocycles. The Hall–Kier alpha value is -2.70. The zero-order valence-corrected chi connectivity index (χ0v) is 12.7. The van der Waals surface area contributed by atoms with E-state index < -0.39 is 23.6 Å². The predicted octanol–water partition coefficient (Wildman–Crippen LogP) is 3.38. The molecule has 1 aromatic rings. The second-order valence-corrected chi connectivity index (χ2v) is 5.23. The van der Waals surface area contributed by atoms with Gasteiger partial charge in [0.2, 0.25) is 11.9 Å². The second kappa shape index (κ2) is 6.07. The summed E-state index contributed by atoms with van der Waals surface area (Å²) in [4.78, 5) is 12.7. The van der Waals surface area contributed by atoms with Crippen LogP contribution in [0.3, 0.4) is 0 Å². The van der Waals surface area contributed by atoms with Crippen molar-refractivity contribution < 1.29 is 27.4 Å². The normalized spacial score (nSPS) is 20.6. The van der Waals surface area contributed by atoms with Crippen LogP contribution in [0.1, 0.15) is 17.5 Å². The van der Waals surface area contributed by atoms with Crippen molar-refractivity contribution in [1.29, 1.82) is 0 Å². The fourth-order valence-electron chi connectivity index (χ4n) is 2.55. The van der Waals surface area contributed by atoms with E-state index in [9.17, 15) is 18.0 Å². The number of benzene rings is 1. The van der Waals surface area contributed by atoms with Crippen LogP contribution in [-0.4, -0.2) is 18.9 Å². The number of nitrogens with one attached hydrogen (secondary N) is 1. The maximum atomic E-state index is 12.9. The monoisotopic (exact) mass is 337 g/mol. The van der Waals surface area contributed by atoms with Gasteiger partial charge in [-0.15, -0.1) is 0 Å². The lowest BCUT2D eigenvalue weighted by atomic mass is 9.97. The number of Topliss-reactive ketones (excluding diaryl/α,β-unsaturated/α-hetero) is 1. The van der Waals surface area contributed by atoms with E-state index in [2.05, 4.69) is 5.32 Å². The molecule has 0 aromatic heterocycles. The van der Waals surface area contributed by atoms with Gasteiger partial charge in [0.25, 0.3) is 0 Å². The van der Waals surface area contributed by atoms with Crippen molar-refractivity contribution in [2.24, 2.45) is 0 Å². The third-order valence-electron chi connectivity index (χ3n) is 3.67. The van der Waals surface area contributed by atoms with Crippen LogP contribution in [0.4, 0.5) is 13.2 Å². The van der Waals surface area contributed by atoms with Crippen molar-refractivity contribution in [3.63, 3.8) is 0 Å². The summed E-state index contributed by atoms with van der Waals surface area (Å²) in [5.41, 5.74) is -0.600. The summed E-state index contributed by atoms with van der Waals surface area (Å²) < 4.78 is 49.6. The Morgan fingerprint density at radius 2 is 2.08 bits per heavy atom. The average Bonchev–Trinajstić information content (AvgIpc) is 2.91. The molecule has 1 unspecified atom stereocenters. The molecule has 4 nitrogen and oxygen atoms in total. The van der Waals surface area contributed by atoms with E-state index in [1.807, 2.05) is 0 Å². The summed E-state index contributed by atoms with van der Waals surface area (Å²) in [6.07, 6.45) is 0.0252. The van der Waals surface area contributed by atoms with Crippen molar-refractivity contribution in [1.82, 2.24) is 5.32 Å². The van der Waals surface area contributed by atoms with Gasteiger partial charge in [0, 0.05) is 7.05 Å². The van der Waals surface area contributed by atoms with Gasteiger partial charge < -0.3 is 14.8 Å². The van der Waals surface area contributed by atoms with Gasteiger partial charge in [0.1, 0.15) is 5.76 Å². The van der Waals surface area contributed by atoms with Crippen LogP contribution in [0.25, 0.3) is 5.57 Å². The van der Waals surface area contributed by atoms with Crippen molar-refractivity contribution in [2.75, 3.05) is 7.05 Å². The number of carbonyl (C=O) groups excluding carboxylic acids is 1. The molecule has 1 aromatic carbocycles. The zero-order chi connectivity index (χ0) is 17.3. The van der Waals surface area contributed by atoms with Gasteiger partial charge in [0.05, 0.1) is 17.4 Å². The Morgan fingerprint density at radius 3 is 2.71 bits per heavy atom. The fourth-order valence-corrected chi connectivity index (χ4v) is 2.55. The Morgan fingerprint density at radius 1 is 1.29 bits per heavy atom. The number of hydrogen-bond donors (Lipinski definition) is 1. The zero-order valence-electron chi connectivity index (χ0n) is 12.7. The number of alkyl halides is 3. The number of ether oxygens (including phenoxy) is 2. The summed E-state index contributed by atoms with van der Waals surface area (Å²) >= 11 is 0. The third-order valence-corrected chi connectivity index (χ3v) is 3.67. The minimum atomic E-state index is -4.49. The van der Waals surface area contributed by atoms with Gasteiger partial charge >= 0.3 is 6.18 Å². The van der Waals surface area contributed by atoms with Gasteiger partial charge in [-0.3, -0.25) is 4.79 Å². The van der Waals surface area contributed by atoms with Gasteiger partial charge in [-0.1, -0.05) is 12.1 Å². The Balaban J connectivity index is 1.97. The van der Waals surface area contributed by atoms with Crippen LogP contribution in [0.5, 0.6) is 0 Å². The lowest BCUT2D eigenvalue weighted by Gasteiger charge is -2.16. The number of carbonyl (C=O) groups is 1. The molecular weight excluding hydrogens is 323 g/mol. The first-order chi connectivity index (χ1) is 11.4. The smallest absolute Gasteiger partial charge is 0.416 e. The van der Waals surface area contributed by atoms with Crippen LogP contribution in [0, 0.1) is 0 Å². The van der Waals surface area contributed by atoms with Crippen molar-refractivity contribution in [3.8, 4) is 0 Å². The maximum absolute atomic E-state index is 12.9. The van der Waals surface area contributed by atoms with Crippen molar-refractivity contribution in [3.05, 3.63) is 65.4 Å². The van der Waals surface area contributed by atoms with E-state index in [-0.39, 0.29) is 17.0 Å². The summed E-state index contributed by atoms with van der Waals surface area (Å²) in [5.74, 6) is 0.0147. The fraction of sp³-hybridized carbons (Fsp3) is 0.235. The maximum Gasteiger partial charge on any atom is 0.416 e. The summed E-state index contributed by atoms with van der Waals surface area (Å²) in [6.45, 7) is 0. The largest absolute Gasteiger partial charge is 0.466 e. The Bertz CT molecular complexity index is 763.